The molecule has 0 aliphatic carbocycles. The molecule has 0 N–H and O–H groups in total. The number of rotatable bonds is 3. The zero-order valence-electron chi connectivity index (χ0n) is 14.6. The van der Waals surface area contributed by atoms with Gasteiger partial charge in [-0.2, -0.15) is 4.98 Å². The number of halogens is 1. The number of aromatic nitrogens is 2. The molecule has 1 aliphatic heterocycles. The minimum atomic E-state index is -0.108. The maximum Gasteiger partial charge on any atom is 0.232 e. The lowest BCUT2D eigenvalue weighted by Gasteiger charge is -2.17. The molecule has 0 spiro atoms. The van der Waals surface area contributed by atoms with Crippen molar-refractivity contribution in [3.63, 3.8) is 0 Å². The van der Waals surface area contributed by atoms with Crippen LogP contribution in [0.25, 0.3) is 11.4 Å². The zero-order valence-corrected chi connectivity index (χ0v) is 15.3. The summed E-state index contributed by atoms with van der Waals surface area (Å²) in [5, 5.41) is 4.67. The van der Waals surface area contributed by atoms with Crippen molar-refractivity contribution >= 4 is 23.2 Å². The summed E-state index contributed by atoms with van der Waals surface area (Å²) >= 11 is 6.02. The highest BCUT2D eigenvalue weighted by Gasteiger charge is 2.35. The predicted octanol–water partition coefficient (Wildman–Crippen LogP) is 4.53. The summed E-state index contributed by atoms with van der Waals surface area (Å²) in [6, 6.07) is 13.5. The second-order valence-electron chi connectivity index (χ2n) is 6.72. The number of hydrogen-bond donors (Lipinski definition) is 0. The van der Waals surface area contributed by atoms with Crippen LogP contribution in [0.1, 0.15) is 29.4 Å². The summed E-state index contributed by atoms with van der Waals surface area (Å²) in [6.07, 6.45) is 0.365. The van der Waals surface area contributed by atoms with Crippen LogP contribution in [0.3, 0.4) is 0 Å². The van der Waals surface area contributed by atoms with Crippen molar-refractivity contribution < 1.29 is 9.32 Å². The second-order valence-corrected chi connectivity index (χ2v) is 7.15. The fraction of sp³-hybridized carbons (Fsp3) is 0.250. The highest BCUT2D eigenvalue weighted by Crippen LogP contribution is 2.33. The second kappa shape index (κ2) is 6.57. The van der Waals surface area contributed by atoms with Crippen molar-refractivity contribution in [2.24, 2.45) is 0 Å². The molecule has 0 unspecified atom stereocenters. The molecule has 4 rings (SSSR count). The van der Waals surface area contributed by atoms with Crippen LogP contribution in [0.15, 0.2) is 47.0 Å². The van der Waals surface area contributed by atoms with E-state index in [0.29, 0.717) is 29.7 Å². The van der Waals surface area contributed by atoms with Crippen molar-refractivity contribution in [1.82, 2.24) is 10.1 Å². The van der Waals surface area contributed by atoms with E-state index in [2.05, 4.69) is 16.2 Å². The summed E-state index contributed by atoms with van der Waals surface area (Å²) in [4.78, 5) is 18.8. The summed E-state index contributed by atoms with van der Waals surface area (Å²) in [6.45, 7) is 4.60. The molecule has 132 valence electrons. The van der Waals surface area contributed by atoms with E-state index in [1.54, 1.807) is 17.0 Å². The van der Waals surface area contributed by atoms with E-state index >= 15 is 0 Å². The molecule has 3 aromatic rings. The predicted molar refractivity (Wildman–Crippen MR) is 100 cm³/mol. The molecule has 0 radical (unpaired) electrons. The third kappa shape index (κ3) is 3.22. The molecule has 6 heteroatoms. The smallest absolute Gasteiger partial charge is 0.232 e. The van der Waals surface area contributed by atoms with E-state index in [4.69, 9.17) is 16.1 Å². The van der Waals surface area contributed by atoms with Crippen LogP contribution in [0.5, 0.6) is 0 Å². The van der Waals surface area contributed by atoms with Gasteiger partial charge in [0.2, 0.25) is 17.6 Å². The quantitative estimate of drug-likeness (QED) is 0.682. The van der Waals surface area contributed by atoms with Gasteiger partial charge in [-0.05, 0) is 49.2 Å². The lowest BCUT2D eigenvalue weighted by Crippen LogP contribution is -2.24. The van der Waals surface area contributed by atoms with Crippen molar-refractivity contribution in [2.45, 2.75) is 26.2 Å². The van der Waals surface area contributed by atoms with E-state index in [1.807, 2.05) is 38.1 Å². The monoisotopic (exact) mass is 367 g/mol. The summed E-state index contributed by atoms with van der Waals surface area (Å²) in [5.74, 6) is 0.936. The van der Waals surface area contributed by atoms with Gasteiger partial charge >= 0.3 is 0 Å². The Morgan fingerprint density at radius 3 is 2.65 bits per heavy atom. The first kappa shape index (κ1) is 16.8. The Morgan fingerprint density at radius 1 is 1.15 bits per heavy atom. The number of amides is 1. The van der Waals surface area contributed by atoms with Gasteiger partial charge in [0, 0.05) is 29.2 Å². The Bertz CT molecular complexity index is 962. The van der Waals surface area contributed by atoms with Gasteiger partial charge < -0.3 is 9.42 Å². The summed E-state index contributed by atoms with van der Waals surface area (Å²) < 4.78 is 5.44. The Hall–Kier alpha value is -2.66. The first-order chi connectivity index (χ1) is 12.5. The lowest BCUT2D eigenvalue weighted by atomic mass is 10.1. The van der Waals surface area contributed by atoms with Gasteiger partial charge in [-0.15, -0.1) is 0 Å². The molecule has 1 atom stereocenters. The van der Waals surface area contributed by atoms with Crippen LogP contribution in [0.4, 0.5) is 5.69 Å². The fourth-order valence-corrected chi connectivity index (χ4v) is 3.57. The number of carbonyl (C=O) groups is 1. The minimum absolute atomic E-state index is 0.0718. The first-order valence-corrected chi connectivity index (χ1v) is 8.85. The Labute approximate surface area is 156 Å². The average Bonchev–Trinajstić information content (AvgIpc) is 3.20. The molecule has 2 aromatic carbocycles. The van der Waals surface area contributed by atoms with Crippen LogP contribution in [0, 0.1) is 13.8 Å². The van der Waals surface area contributed by atoms with Crippen molar-refractivity contribution in [2.75, 3.05) is 11.4 Å². The Kier molecular flexibility index (Phi) is 4.24. The molecule has 1 fully saturated rings. The largest absolute Gasteiger partial charge is 0.339 e. The highest BCUT2D eigenvalue weighted by atomic mass is 35.5. The molecule has 2 heterocycles. The topological polar surface area (TPSA) is 59.2 Å². The van der Waals surface area contributed by atoms with Gasteiger partial charge in [0.15, 0.2) is 0 Å². The normalized spacial score (nSPS) is 17.1. The fourth-order valence-electron chi connectivity index (χ4n) is 3.37. The van der Waals surface area contributed by atoms with Crippen molar-refractivity contribution in [3.05, 3.63) is 64.5 Å². The van der Waals surface area contributed by atoms with Gasteiger partial charge in [0.25, 0.3) is 0 Å². The first-order valence-electron chi connectivity index (χ1n) is 8.48. The highest BCUT2D eigenvalue weighted by molar-refractivity contribution is 6.30. The molecule has 5 nitrogen and oxygen atoms in total. The number of benzene rings is 2. The molecular formula is C20H18ClN3O2. The Morgan fingerprint density at radius 2 is 1.92 bits per heavy atom. The van der Waals surface area contributed by atoms with Gasteiger partial charge in [0.1, 0.15) is 0 Å². The van der Waals surface area contributed by atoms with Crippen LogP contribution in [-0.4, -0.2) is 22.6 Å². The summed E-state index contributed by atoms with van der Waals surface area (Å²) in [5.41, 5.74) is 3.99. The van der Waals surface area contributed by atoms with Gasteiger partial charge in [-0.25, -0.2) is 0 Å². The van der Waals surface area contributed by atoms with Crippen molar-refractivity contribution in [3.8, 4) is 11.4 Å². The van der Waals surface area contributed by atoms with E-state index in [1.165, 1.54) is 0 Å². The average molecular weight is 368 g/mol. The standard InChI is InChI=1S/C20H18ClN3O2/c1-12-6-13(2)8-17(7-12)24-11-15(10-18(24)25)20-22-19(23-26-20)14-4-3-5-16(21)9-14/h3-9,15H,10-11H2,1-2H3/t15-/m0/s1. The summed E-state index contributed by atoms with van der Waals surface area (Å²) in [7, 11) is 0. The SMILES string of the molecule is Cc1cc(C)cc(N2C[C@@H](c3nc(-c4cccc(Cl)c4)no3)CC2=O)c1. The van der Waals surface area contributed by atoms with Crippen LogP contribution in [0.2, 0.25) is 5.02 Å². The zero-order chi connectivity index (χ0) is 18.3. The molecule has 1 aromatic heterocycles. The minimum Gasteiger partial charge on any atom is -0.339 e. The van der Waals surface area contributed by atoms with Gasteiger partial charge in [-0.3, -0.25) is 4.79 Å². The van der Waals surface area contributed by atoms with Gasteiger partial charge in [0.05, 0.1) is 5.92 Å². The number of anilines is 1. The number of nitrogens with zero attached hydrogens (tertiary/aromatic N) is 3. The van der Waals surface area contributed by atoms with Crippen LogP contribution < -0.4 is 4.90 Å². The number of aryl methyl sites for hydroxylation is 2. The van der Waals surface area contributed by atoms with Crippen molar-refractivity contribution in [1.29, 1.82) is 0 Å². The molecule has 0 bridgehead atoms. The molecular weight excluding hydrogens is 350 g/mol. The van der Waals surface area contributed by atoms with Crippen LogP contribution >= 0.6 is 11.6 Å². The molecule has 1 aliphatic rings. The number of carbonyl (C=O) groups excluding carboxylic acids is 1. The maximum atomic E-state index is 12.5. The van der Waals surface area contributed by atoms with E-state index in [9.17, 15) is 4.79 Å². The molecule has 26 heavy (non-hydrogen) atoms. The van der Waals surface area contributed by atoms with E-state index in [-0.39, 0.29) is 11.8 Å². The van der Waals surface area contributed by atoms with E-state index < -0.39 is 0 Å². The van der Waals surface area contributed by atoms with E-state index in [0.717, 1.165) is 22.4 Å². The third-order valence-corrected chi connectivity index (χ3v) is 4.75. The number of hydrogen-bond acceptors (Lipinski definition) is 4. The molecule has 1 saturated heterocycles. The molecule has 1 amide bonds. The third-order valence-electron chi connectivity index (χ3n) is 4.52. The van der Waals surface area contributed by atoms with Gasteiger partial charge in [-0.1, -0.05) is 35.0 Å². The Balaban J connectivity index is 1.58. The lowest BCUT2D eigenvalue weighted by molar-refractivity contribution is -0.117. The van der Waals surface area contributed by atoms with Crippen LogP contribution in [-0.2, 0) is 4.79 Å². The maximum absolute atomic E-state index is 12.5. The molecule has 0 saturated carbocycles.